The molecule has 1 heterocycles. The molecule has 1 saturated heterocycles. The molecule has 1 aromatic rings. The Morgan fingerprint density at radius 3 is 2.74 bits per heavy atom. The number of esters is 1. The molecule has 1 aliphatic rings. The van der Waals surface area contributed by atoms with Crippen LogP contribution in [0.15, 0.2) is 29.2 Å². The molecule has 1 unspecified atom stereocenters. The van der Waals surface area contributed by atoms with Crippen LogP contribution in [-0.2, 0) is 19.6 Å². The second-order valence-corrected chi connectivity index (χ2v) is 5.93. The molecule has 0 aromatic heterocycles. The molecule has 1 fully saturated rings. The highest BCUT2D eigenvalue weighted by molar-refractivity contribution is 7.89. The molecular weight excluding hydrogens is 270 g/mol. The summed E-state index contributed by atoms with van der Waals surface area (Å²) in [6.07, 6.45) is 0.310. The molecular formula is C12H13NO5S. The highest BCUT2D eigenvalue weighted by Crippen LogP contribution is 2.15. The van der Waals surface area contributed by atoms with Gasteiger partial charge in [-0.3, -0.25) is 9.59 Å². The maximum atomic E-state index is 12.1. The van der Waals surface area contributed by atoms with Crippen molar-refractivity contribution in [3.05, 3.63) is 29.8 Å². The molecule has 1 aliphatic heterocycles. The van der Waals surface area contributed by atoms with E-state index in [4.69, 9.17) is 0 Å². The Morgan fingerprint density at radius 1 is 1.42 bits per heavy atom. The molecule has 0 spiro atoms. The summed E-state index contributed by atoms with van der Waals surface area (Å²) >= 11 is 0. The molecule has 0 aliphatic carbocycles. The van der Waals surface area contributed by atoms with E-state index in [1.165, 1.54) is 31.2 Å². The number of rotatable bonds is 4. The zero-order valence-electron chi connectivity index (χ0n) is 10.3. The molecule has 0 radical (unpaired) electrons. The predicted octanol–water partition coefficient (Wildman–Crippen LogP) is 0.483. The van der Waals surface area contributed by atoms with Crippen LogP contribution >= 0.6 is 0 Å². The smallest absolute Gasteiger partial charge is 0.324 e. The largest absolute Gasteiger partial charge is 0.464 e. The molecule has 19 heavy (non-hydrogen) atoms. The van der Waals surface area contributed by atoms with Gasteiger partial charge in [0.05, 0.1) is 11.5 Å². The fraction of sp³-hybridized carbons (Fsp3) is 0.333. The molecule has 0 bridgehead atoms. The summed E-state index contributed by atoms with van der Waals surface area (Å²) in [5.74, 6) is -0.802. The van der Waals surface area contributed by atoms with E-state index in [9.17, 15) is 18.0 Å². The van der Waals surface area contributed by atoms with Crippen molar-refractivity contribution in [2.24, 2.45) is 0 Å². The second-order valence-electron chi connectivity index (χ2n) is 4.21. The molecule has 6 nitrogen and oxygen atoms in total. The Morgan fingerprint density at radius 2 is 2.16 bits per heavy atom. The number of cyclic esters (lactones) is 1. The fourth-order valence-electron chi connectivity index (χ4n) is 1.74. The van der Waals surface area contributed by atoms with Gasteiger partial charge in [0, 0.05) is 12.0 Å². The third-order valence-electron chi connectivity index (χ3n) is 2.78. The van der Waals surface area contributed by atoms with Crippen molar-refractivity contribution in [1.82, 2.24) is 4.72 Å². The number of carbonyl (C=O) groups is 2. The van der Waals surface area contributed by atoms with Crippen LogP contribution in [0.4, 0.5) is 0 Å². The number of benzene rings is 1. The van der Waals surface area contributed by atoms with Gasteiger partial charge in [0.25, 0.3) is 0 Å². The highest BCUT2D eigenvalue weighted by Gasteiger charge is 2.31. The van der Waals surface area contributed by atoms with E-state index in [2.05, 4.69) is 9.46 Å². The Bertz CT molecular complexity index is 623. The monoisotopic (exact) mass is 283 g/mol. The first kappa shape index (κ1) is 13.7. The van der Waals surface area contributed by atoms with Gasteiger partial charge < -0.3 is 4.74 Å². The molecule has 0 amide bonds. The Labute approximate surface area is 110 Å². The molecule has 2 rings (SSSR count). The lowest BCUT2D eigenvalue weighted by Gasteiger charge is -2.10. The molecule has 1 atom stereocenters. The lowest BCUT2D eigenvalue weighted by molar-refractivity contribution is -0.139. The first-order valence-corrected chi connectivity index (χ1v) is 7.18. The number of nitrogens with one attached hydrogen (secondary N) is 1. The van der Waals surface area contributed by atoms with E-state index in [1.807, 2.05) is 0 Å². The van der Waals surface area contributed by atoms with Gasteiger partial charge in [0.15, 0.2) is 5.78 Å². The van der Waals surface area contributed by atoms with E-state index >= 15 is 0 Å². The Hall–Kier alpha value is -1.73. The average molecular weight is 283 g/mol. The minimum atomic E-state index is -3.84. The Kier molecular flexibility index (Phi) is 3.68. The summed E-state index contributed by atoms with van der Waals surface area (Å²) in [4.78, 5) is 22.4. The van der Waals surface area contributed by atoms with Crippen molar-refractivity contribution in [2.75, 3.05) is 6.61 Å². The van der Waals surface area contributed by atoms with Gasteiger partial charge in [-0.05, 0) is 19.1 Å². The number of hydrogen-bond donors (Lipinski definition) is 1. The summed E-state index contributed by atoms with van der Waals surface area (Å²) in [7, 11) is -3.84. The fourth-order valence-corrected chi connectivity index (χ4v) is 3.00. The van der Waals surface area contributed by atoms with Crippen LogP contribution in [0.3, 0.4) is 0 Å². The molecule has 1 aromatic carbocycles. The quantitative estimate of drug-likeness (QED) is 0.641. The third-order valence-corrected chi connectivity index (χ3v) is 4.25. The second kappa shape index (κ2) is 5.10. The SMILES string of the molecule is CC(=O)c1cccc(S(=O)(=O)NC2CCOC2=O)c1. The van der Waals surface area contributed by atoms with Gasteiger partial charge in [0.2, 0.25) is 10.0 Å². The van der Waals surface area contributed by atoms with Crippen molar-refractivity contribution in [3.63, 3.8) is 0 Å². The van der Waals surface area contributed by atoms with Gasteiger partial charge >= 0.3 is 5.97 Å². The summed E-state index contributed by atoms with van der Waals surface area (Å²) in [5, 5.41) is 0. The minimum absolute atomic E-state index is 0.0418. The molecule has 7 heteroatoms. The molecule has 1 N–H and O–H groups in total. The molecule has 0 saturated carbocycles. The number of ether oxygens (including phenoxy) is 1. The summed E-state index contributed by atoms with van der Waals surface area (Å²) in [6, 6.07) is 4.81. The summed E-state index contributed by atoms with van der Waals surface area (Å²) in [6.45, 7) is 1.56. The van der Waals surface area contributed by atoms with Crippen molar-refractivity contribution in [2.45, 2.75) is 24.3 Å². The Balaban J connectivity index is 2.26. The number of sulfonamides is 1. The molecule has 102 valence electrons. The average Bonchev–Trinajstić information content (AvgIpc) is 2.74. The first-order valence-electron chi connectivity index (χ1n) is 5.70. The van der Waals surface area contributed by atoms with Crippen LogP contribution in [0, 0.1) is 0 Å². The van der Waals surface area contributed by atoms with Gasteiger partial charge in [-0.1, -0.05) is 12.1 Å². The van der Waals surface area contributed by atoms with E-state index in [1.54, 1.807) is 0 Å². The van der Waals surface area contributed by atoms with E-state index < -0.39 is 22.0 Å². The summed E-state index contributed by atoms with van der Waals surface area (Å²) in [5.41, 5.74) is 0.303. The van der Waals surface area contributed by atoms with Crippen LogP contribution < -0.4 is 4.72 Å². The zero-order chi connectivity index (χ0) is 14.0. The van der Waals surface area contributed by atoms with E-state index in [-0.39, 0.29) is 17.3 Å². The lowest BCUT2D eigenvalue weighted by Crippen LogP contribution is -2.37. The highest BCUT2D eigenvalue weighted by atomic mass is 32.2. The first-order chi connectivity index (χ1) is 8.90. The van der Waals surface area contributed by atoms with Crippen LogP contribution in [-0.4, -0.2) is 32.8 Å². The number of Topliss-reactive ketones (excluding diaryl/α,β-unsaturated/α-hetero) is 1. The van der Waals surface area contributed by atoms with Crippen molar-refractivity contribution >= 4 is 21.8 Å². The maximum Gasteiger partial charge on any atom is 0.324 e. The third kappa shape index (κ3) is 2.99. The van der Waals surface area contributed by atoms with Crippen molar-refractivity contribution in [1.29, 1.82) is 0 Å². The van der Waals surface area contributed by atoms with Crippen LogP contribution in [0.2, 0.25) is 0 Å². The van der Waals surface area contributed by atoms with E-state index in [0.717, 1.165) is 0 Å². The van der Waals surface area contributed by atoms with E-state index in [0.29, 0.717) is 12.0 Å². The van der Waals surface area contributed by atoms with Crippen molar-refractivity contribution in [3.8, 4) is 0 Å². The minimum Gasteiger partial charge on any atom is -0.464 e. The lowest BCUT2D eigenvalue weighted by atomic mass is 10.2. The van der Waals surface area contributed by atoms with Gasteiger partial charge in [0.1, 0.15) is 6.04 Å². The van der Waals surface area contributed by atoms with Crippen LogP contribution in [0.1, 0.15) is 23.7 Å². The topological polar surface area (TPSA) is 89.5 Å². The normalized spacial score (nSPS) is 19.2. The maximum absolute atomic E-state index is 12.1. The number of ketones is 1. The van der Waals surface area contributed by atoms with Gasteiger partial charge in [-0.15, -0.1) is 0 Å². The van der Waals surface area contributed by atoms with Crippen molar-refractivity contribution < 1.29 is 22.7 Å². The predicted molar refractivity (Wildman–Crippen MR) is 66.1 cm³/mol. The van der Waals surface area contributed by atoms with Crippen LogP contribution in [0.5, 0.6) is 0 Å². The van der Waals surface area contributed by atoms with Crippen LogP contribution in [0.25, 0.3) is 0 Å². The zero-order valence-corrected chi connectivity index (χ0v) is 11.1. The summed E-state index contributed by atoms with van der Waals surface area (Å²) < 4.78 is 31.1. The van der Waals surface area contributed by atoms with Gasteiger partial charge in [-0.2, -0.15) is 4.72 Å². The van der Waals surface area contributed by atoms with Gasteiger partial charge in [-0.25, -0.2) is 8.42 Å². The number of hydrogen-bond acceptors (Lipinski definition) is 5. The standard InChI is InChI=1S/C12H13NO5S/c1-8(14)9-3-2-4-10(7-9)19(16,17)13-11-5-6-18-12(11)15/h2-4,7,11,13H,5-6H2,1H3. The number of carbonyl (C=O) groups excluding carboxylic acids is 2.